The molecule has 25 heavy (non-hydrogen) atoms. The number of hydrogen-bond donors (Lipinski definition) is 1. The summed E-state index contributed by atoms with van der Waals surface area (Å²) in [5.74, 6) is -2.80. The molecule has 2 heterocycles. The van der Waals surface area contributed by atoms with Crippen LogP contribution in [-0.4, -0.2) is 53.3 Å². The number of esters is 1. The highest BCUT2D eigenvalue weighted by molar-refractivity contribution is 6.01. The summed E-state index contributed by atoms with van der Waals surface area (Å²) in [4.78, 5) is 40.9. The molecule has 0 aliphatic carbocycles. The lowest BCUT2D eigenvalue weighted by Crippen LogP contribution is -2.55. The number of anilines is 1. The van der Waals surface area contributed by atoms with Gasteiger partial charge in [-0.05, 0) is 18.2 Å². The van der Waals surface area contributed by atoms with Crippen LogP contribution in [0.3, 0.4) is 0 Å². The number of carboxylic acids is 1. The number of ether oxygens (including phenoxy) is 2. The fourth-order valence-electron chi connectivity index (χ4n) is 2.72. The SMILES string of the molecule is CC(=O)OC(C(=O)O)C1OCCN(c2ccc3cccnc3c2)C1=O. The molecule has 3 rings (SSSR count). The zero-order chi connectivity index (χ0) is 18.0. The van der Waals surface area contributed by atoms with Gasteiger partial charge in [0.2, 0.25) is 6.10 Å². The van der Waals surface area contributed by atoms with E-state index >= 15 is 0 Å². The Bertz CT molecular complexity index is 837. The predicted octanol–water partition coefficient (Wildman–Crippen LogP) is 0.983. The van der Waals surface area contributed by atoms with E-state index in [0.29, 0.717) is 11.2 Å². The molecule has 0 saturated carbocycles. The van der Waals surface area contributed by atoms with E-state index in [0.717, 1.165) is 12.3 Å². The van der Waals surface area contributed by atoms with Gasteiger partial charge >= 0.3 is 11.9 Å². The summed E-state index contributed by atoms with van der Waals surface area (Å²) in [6.45, 7) is 1.47. The second-order valence-corrected chi connectivity index (χ2v) is 5.53. The van der Waals surface area contributed by atoms with Gasteiger partial charge in [0.15, 0.2) is 6.10 Å². The quantitative estimate of drug-likeness (QED) is 0.824. The minimum atomic E-state index is -1.69. The van der Waals surface area contributed by atoms with Crippen LogP contribution in [0.4, 0.5) is 5.69 Å². The van der Waals surface area contributed by atoms with E-state index in [1.807, 2.05) is 18.2 Å². The Hall–Kier alpha value is -3.00. The third-order valence-electron chi connectivity index (χ3n) is 3.83. The predicted molar refractivity (Wildman–Crippen MR) is 87.0 cm³/mol. The van der Waals surface area contributed by atoms with E-state index in [4.69, 9.17) is 9.47 Å². The first kappa shape index (κ1) is 16.8. The molecule has 2 unspecified atom stereocenters. The van der Waals surface area contributed by atoms with E-state index < -0.39 is 30.1 Å². The number of carboxylic acid groups (broad SMARTS) is 1. The number of benzene rings is 1. The molecule has 8 nitrogen and oxygen atoms in total. The van der Waals surface area contributed by atoms with Gasteiger partial charge in [-0.15, -0.1) is 0 Å². The van der Waals surface area contributed by atoms with E-state index in [2.05, 4.69) is 4.98 Å². The van der Waals surface area contributed by atoms with E-state index in [1.165, 1.54) is 4.90 Å². The van der Waals surface area contributed by atoms with E-state index in [1.54, 1.807) is 18.3 Å². The van der Waals surface area contributed by atoms with Gasteiger partial charge in [-0.2, -0.15) is 0 Å². The summed E-state index contributed by atoms with van der Waals surface area (Å²) >= 11 is 0. The average molecular weight is 344 g/mol. The van der Waals surface area contributed by atoms with Crippen molar-refractivity contribution in [3.8, 4) is 0 Å². The molecule has 1 aliphatic rings. The van der Waals surface area contributed by atoms with Crippen molar-refractivity contribution in [2.24, 2.45) is 0 Å². The van der Waals surface area contributed by atoms with Crippen LogP contribution in [0.25, 0.3) is 10.9 Å². The fraction of sp³-hybridized carbons (Fsp3) is 0.294. The van der Waals surface area contributed by atoms with Crippen LogP contribution in [0.15, 0.2) is 36.5 Å². The van der Waals surface area contributed by atoms with E-state index in [-0.39, 0.29) is 13.2 Å². The summed E-state index contributed by atoms with van der Waals surface area (Å²) in [6, 6.07) is 9.05. The maximum atomic E-state index is 12.7. The van der Waals surface area contributed by atoms with Crippen LogP contribution in [0, 0.1) is 0 Å². The number of hydrogen-bond acceptors (Lipinski definition) is 6. The minimum Gasteiger partial charge on any atom is -0.478 e. The highest BCUT2D eigenvalue weighted by Crippen LogP contribution is 2.24. The standard InChI is InChI=1S/C17H16N2O6/c1-10(20)25-15(17(22)23)14-16(21)19(7-8-24-14)12-5-4-11-3-2-6-18-13(11)9-12/h2-6,9,14-15H,7-8H2,1H3,(H,22,23). The molecule has 0 spiro atoms. The maximum absolute atomic E-state index is 12.7. The van der Waals surface area contributed by atoms with Crippen LogP contribution >= 0.6 is 0 Å². The lowest BCUT2D eigenvalue weighted by atomic mass is 10.1. The van der Waals surface area contributed by atoms with Crippen molar-refractivity contribution >= 4 is 34.4 Å². The number of carbonyl (C=O) groups is 3. The van der Waals surface area contributed by atoms with Crippen molar-refractivity contribution in [1.29, 1.82) is 0 Å². The smallest absolute Gasteiger partial charge is 0.348 e. The summed E-state index contributed by atoms with van der Waals surface area (Å²) in [6.07, 6.45) is -1.43. The monoisotopic (exact) mass is 344 g/mol. The van der Waals surface area contributed by atoms with Crippen LogP contribution in [-0.2, 0) is 23.9 Å². The van der Waals surface area contributed by atoms with Gasteiger partial charge in [0.25, 0.3) is 5.91 Å². The molecular weight excluding hydrogens is 328 g/mol. The number of aliphatic carboxylic acids is 1. The number of morpholine rings is 1. The molecule has 1 aromatic heterocycles. The first-order valence-corrected chi connectivity index (χ1v) is 7.65. The Morgan fingerprint density at radius 2 is 2.20 bits per heavy atom. The third-order valence-corrected chi connectivity index (χ3v) is 3.83. The lowest BCUT2D eigenvalue weighted by molar-refractivity contribution is -0.177. The van der Waals surface area contributed by atoms with E-state index in [9.17, 15) is 19.5 Å². The number of rotatable bonds is 4. The molecule has 1 saturated heterocycles. The van der Waals surface area contributed by atoms with Gasteiger partial charge < -0.3 is 19.5 Å². The Balaban J connectivity index is 1.90. The molecule has 0 bridgehead atoms. The number of amides is 1. The van der Waals surface area contributed by atoms with Crippen molar-refractivity contribution in [3.05, 3.63) is 36.5 Å². The zero-order valence-corrected chi connectivity index (χ0v) is 13.4. The number of pyridine rings is 1. The van der Waals surface area contributed by atoms with Crippen LogP contribution in [0.2, 0.25) is 0 Å². The maximum Gasteiger partial charge on any atom is 0.348 e. The first-order valence-electron chi connectivity index (χ1n) is 7.65. The van der Waals surface area contributed by atoms with Gasteiger partial charge in [0.1, 0.15) is 0 Å². The Morgan fingerprint density at radius 3 is 2.92 bits per heavy atom. The van der Waals surface area contributed by atoms with Crippen molar-refractivity contribution < 1.29 is 29.0 Å². The molecule has 1 fully saturated rings. The molecule has 1 aromatic carbocycles. The second-order valence-electron chi connectivity index (χ2n) is 5.53. The second kappa shape index (κ2) is 6.86. The van der Waals surface area contributed by atoms with Gasteiger partial charge in [0, 0.05) is 30.7 Å². The lowest BCUT2D eigenvalue weighted by Gasteiger charge is -2.34. The molecule has 8 heteroatoms. The van der Waals surface area contributed by atoms with Crippen LogP contribution < -0.4 is 4.90 Å². The highest BCUT2D eigenvalue weighted by atomic mass is 16.6. The molecule has 130 valence electrons. The Morgan fingerprint density at radius 1 is 1.40 bits per heavy atom. The summed E-state index contributed by atoms with van der Waals surface area (Å²) < 4.78 is 10.0. The third kappa shape index (κ3) is 3.43. The number of carbonyl (C=O) groups excluding carboxylic acids is 2. The van der Waals surface area contributed by atoms with Gasteiger partial charge in [0.05, 0.1) is 12.1 Å². The first-order chi connectivity index (χ1) is 12.0. The molecular formula is C17H16N2O6. The van der Waals surface area contributed by atoms with Crippen molar-refractivity contribution in [2.75, 3.05) is 18.1 Å². The Kier molecular flexibility index (Phi) is 4.62. The average Bonchev–Trinajstić information content (AvgIpc) is 2.59. The number of nitrogens with zero attached hydrogens (tertiary/aromatic N) is 2. The molecule has 0 radical (unpaired) electrons. The van der Waals surface area contributed by atoms with Gasteiger partial charge in [-0.25, -0.2) is 4.79 Å². The van der Waals surface area contributed by atoms with Crippen LogP contribution in [0.5, 0.6) is 0 Å². The largest absolute Gasteiger partial charge is 0.478 e. The van der Waals surface area contributed by atoms with Gasteiger partial charge in [-0.3, -0.25) is 14.6 Å². The van der Waals surface area contributed by atoms with Crippen molar-refractivity contribution in [3.63, 3.8) is 0 Å². The molecule has 1 amide bonds. The summed E-state index contributed by atoms with van der Waals surface area (Å²) in [7, 11) is 0. The van der Waals surface area contributed by atoms with Crippen molar-refractivity contribution in [1.82, 2.24) is 4.98 Å². The minimum absolute atomic E-state index is 0.127. The normalized spacial score (nSPS) is 18.8. The fourth-order valence-corrected chi connectivity index (χ4v) is 2.72. The number of fused-ring (bicyclic) bond motifs is 1. The summed E-state index contributed by atoms with van der Waals surface area (Å²) in [5, 5.41) is 10.2. The van der Waals surface area contributed by atoms with Crippen molar-refractivity contribution in [2.45, 2.75) is 19.1 Å². The molecule has 2 atom stereocenters. The summed E-state index contributed by atoms with van der Waals surface area (Å²) in [5.41, 5.74) is 1.29. The van der Waals surface area contributed by atoms with Crippen LogP contribution in [0.1, 0.15) is 6.92 Å². The molecule has 2 aromatic rings. The topological polar surface area (TPSA) is 106 Å². The molecule has 1 aliphatic heterocycles. The Labute approximate surface area is 143 Å². The highest BCUT2D eigenvalue weighted by Gasteiger charge is 2.42. The van der Waals surface area contributed by atoms with Gasteiger partial charge in [-0.1, -0.05) is 12.1 Å². The molecule has 1 N–H and O–H groups in total. The zero-order valence-electron chi connectivity index (χ0n) is 13.4. The number of aromatic nitrogens is 1.